The number of alkyl halides is 3. The van der Waals surface area contributed by atoms with Crippen LogP contribution in [-0.4, -0.2) is 40.2 Å². The molecule has 4 aromatic rings. The Kier molecular flexibility index (Phi) is 9.22. The lowest BCUT2D eigenvalue weighted by molar-refractivity contribution is -0.138. The van der Waals surface area contributed by atoms with E-state index in [0.29, 0.717) is 43.9 Å². The van der Waals surface area contributed by atoms with E-state index in [1.54, 1.807) is 42.5 Å². The number of rotatable bonds is 8. The first kappa shape index (κ1) is 31.7. The lowest BCUT2D eigenvalue weighted by atomic mass is 10.1. The van der Waals surface area contributed by atoms with Crippen LogP contribution in [0.1, 0.15) is 39.6 Å². The Morgan fingerprint density at radius 2 is 1.56 bits per heavy atom. The maximum Gasteiger partial charge on any atom is 0.416 e. The molecule has 234 valence electrons. The molecule has 8 nitrogen and oxygen atoms in total. The predicted molar refractivity (Wildman–Crippen MR) is 162 cm³/mol. The molecule has 1 atom stereocenters. The Labute approximate surface area is 257 Å². The number of nitrogens with two attached hydrogens (primary N) is 1. The third-order valence-electron chi connectivity index (χ3n) is 8.18. The molecule has 12 heteroatoms. The van der Waals surface area contributed by atoms with Crippen molar-refractivity contribution in [1.29, 1.82) is 5.26 Å². The van der Waals surface area contributed by atoms with Crippen LogP contribution in [0.15, 0.2) is 82.4 Å². The van der Waals surface area contributed by atoms with Crippen molar-refractivity contribution in [2.75, 3.05) is 31.1 Å². The Bertz CT molecular complexity index is 1820. The van der Waals surface area contributed by atoms with Gasteiger partial charge in [0.05, 0.1) is 30.3 Å². The average molecular weight is 621 g/mol. The van der Waals surface area contributed by atoms with Crippen molar-refractivity contribution in [3.8, 4) is 6.07 Å². The summed E-state index contributed by atoms with van der Waals surface area (Å²) in [5.74, 6) is -1.10. The fraction of sp³-hybridized carbons (Fsp3) is 0.303. The fourth-order valence-corrected chi connectivity index (χ4v) is 5.72. The second-order valence-corrected chi connectivity index (χ2v) is 11.1. The molecule has 5 rings (SSSR count). The summed E-state index contributed by atoms with van der Waals surface area (Å²) in [6.45, 7) is 3.11. The van der Waals surface area contributed by atoms with Crippen LogP contribution in [0.5, 0.6) is 0 Å². The highest BCUT2D eigenvalue weighted by Gasteiger charge is 2.35. The minimum absolute atomic E-state index is 0.145. The molecule has 1 saturated heterocycles. The van der Waals surface area contributed by atoms with Crippen LogP contribution in [-0.2, 0) is 25.8 Å². The molecule has 0 amide bonds. The van der Waals surface area contributed by atoms with Crippen LogP contribution < -0.4 is 21.9 Å². The molecular formula is C33H32F4N6O2. The third-order valence-corrected chi connectivity index (χ3v) is 8.18. The summed E-state index contributed by atoms with van der Waals surface area (Å²) >= 11 is 0. The van der Waals surface area contributed by atoms with Crippen molar-refractivity contribution < 1.29 is 17.6 Å². The van der Waals surface area contributed by atoms with Gasteiger partial charge in [-0.25, -0.2) is 9.18 Å². The smallest absolute Gasteiger partial charge is 0.363 e. The van der Waals surface area contributed by atoms with E-state index < -0.39 is 47.0 Å². The van der Waals surface area contributed by atoms with E-state index in [1.165, 1.54) is 6.92 Å². The van der Waals surface area contributed by atoms with Gasteiger partial charge in [-0.3, -0.25) is 18.8 Å². The van der Waals surface area contributed by atoms with E-state index >= 15 is 0 Å². The standard InChI is InChI=1S/C33H32F4N6O2/c1-22-30(41-16-14-40(15-17-41)19-24-12-10-23(18-38)11-13-24)31(44)43(21-29(39)25-6-3-2-4-7-25)32(45)42(22)20-26-27(33(35,36)37)8-5-9-28(26)34/h2-13,29H,14-17,19-21,39H2,1H3. The summed E-state index contributed by atoms with van der Waals surface area (Å²) < 4.78 is 58.5. The van der Waals surface area contributed by atoms with Gasteiger partial charge in [0.1, 0.15) is 11.5 Å². The zero-order valence-electron chi connectivity index (χ0n) is 24.6. The zero-order valence-corrected chi connectivity index (χ0v) is 24.6. The molecule has 0 spiro atoms. The minimum atomic E-state index is -4.85. The summed E-state index contributed by atoms with van der Waals surface area (Å²) in [5.41, 5.74) is 5.60. The lowest BCUT2D eigenvalue weighted by Crippen LogP contribution is -2.51. The monoisotopic (exact) mass is 620 g/mol. The van der Waals surface area contributed by atoms with Gasteiger partial charge < -0.3 is 10.6 Å². The summed E-state index contributed by atoms with van der Waals surface area (Å²) in [6, 6.07) is 20.1. The van der Waals surface area contributed by atoms with Gasteiger partial charge >= 0.3 is 11.9 Å². The largest absolute Gasteiger partial charge is 0.416 e. The Hall–Kier alpha value is -4.73. The number of anilines is 1. The van der Waals surface area contributed by atoms with Crippen molar-refractivity contribution in [2.45, 2.75) is 38.8 Å². The molecular weight excluding hydrogens is 588 g/mol. The van der Waals surface area contributed by atoms with E-state index in [2.05, 4.69) is 11.0 Å². The van der Waals surface area contributed by atoms with E-state index in [4.69, 9.17) is 11.0 Å². The van der Waals surface area contributed by atoms with E-state index in [9.17, 15) is 27.2 Å². The van der Waals surface area contributed by atoms with Crippen LogP contribution >= 0.6 is 0 Å². The Morgan fingerprint density at radius 3 is 2.18 bits per heavy atom. The van der Waals surface area contributed by atoms with Crippen molar-refractivity contribution in [3.05, 3.63) is 133 Å². The molecule has 1 unspecified atom stereocenters. The molecule has 1 aliphatic rings. The Morgan fingerprint density at radius 1 is 0.889 bits per heavy atom. The number of halogens is 4. The molecule has 1 aromatic heterocycles. The van der Waals surface area contributed by atoms with Crippen molar-refractivity contribution in [3.63, 3.8) is 0 Å². The molecule has 1 aliphatic heterocycles. The number of nitriles is 1. The van der Waals surface area contributed by atoms with Crippen LogP contribution in [0.3, 0.4) is 0 Å². The highest BCUT2D eigenvalue weighted by atomic mass is 19.4. The highest BCUT2D eigenvalue weighted by Crippen LogP contribution is 2.33. The van der Waals surface area contributed by atoms with Crippen molar-refractivity contribution in [2.24, 2.45) is 5.73 Å². The maximum absolute atomic E-state index is 14.9. The average Bonchev–Trinajstić information content (AvgIpc) is 3.03. The molecule has 45 heavy (non-hydrogen) atoms. The van der Waals surface area contributed by atoms with Crippen LogP contribution in [0.2, 0.25) is 0 Å². The summed E-state index contributed by atoms with van der Waals surface area (Å²) in [6.07, 6.45) is -4.85. The normalized spacial score (nSPS) is 14.7. The van der Waals surface area contributed by atoms with E-state index in [-0.39, 0.29) is 17.9 Å². The van der Waals surface area contributed by atoms with Crippen LogP contribution in [0.25, 0.3) is 0 Å². The number of nitrogens with zero attached hydrogens (tertiary/aromatic N) is 5. The van der Waals surface area contributed by atoms with E-state index in [1.807, 2.05) is 17.0 Å². The topological polar surface area (TPSA) is 100 Å². The molecule has 0 radical (unpaired) electrons. The number of hydrogen-bond donors (Lipinski definition) is 1. The molecule has 2 N–H and O–H groups in total. The molecule has 0 saturated carbocycles. The second-order valence-electron chi connectivity index (χ2n) is 11.1. The number of hydrogen-bond acceptors (Lipinski definition) is 6. The molecule has 3 aromatic carbocycles. The predicted octanol–water partition coefficient (Wildman–Crippen LogP) is 4.42. The Balaban J connectivity index is 1.52. The van der Waals surface area contributed by atoms with Gasteiger partial charge in [-0.2, -0.15) is 18.4 Å². The number of aromatic nitrogens is 2. The first-order chi connectivity index (χ1) is 21.5. The molecule has 2 heterocycles. The minimum Gasteiger partial charge on any atom is -0.363 e. The number of piperazine rings is 1. The third kappa shape index (κ3) is 6.84. The van der Waals surface area contributed by atoms with Crippen LogP contribution in [0.4, 0.5) is 23.2 Å². The van der Waals surface area contributed by atoms with Crippen molar-refractivity contribution >= 4 is 5.69 Å². The van der Waals surface area contributed by atoms with Gasteiger partial charge in [-0.05, 0) is 42.3 Å². The van der Waals surface area contributed by atoms with Gasteiger partial charge in [0.15, 0.2) is 0 Å². The summed E-state index contributed by atoms with van der Waals surface area (Å²) in [4.78, 5) is 31.8. The second kappa shape index (κ2) is 13.1. The number of benzene rings is 3. The van der Waals surface area contributed by atoms with Gasteiger partial charge in [0, 0.05) is 50.0 Å². The zero-order chi connectivity index (χ0) is 32.3. The lowest BCUT2D eigenvalue weighted by Gasteiger charge is -2.37. The van der Waals surface area contributed by atoms with Gasteiger partial charge in [-0.15, -0.1) is 0 Å². The molecule has 0 aliphatic carbocycles. The summed E-state index contributed by atoms with van der Waals surface area (Å²) in [5, 5.41) is 9.05. The summed E-state index contributed by atoms with van der Waals surface area (Å²) in [7, 11) is 0. The quantitative estimate of drug-likeness (QED) is 0.293. The van der Waals surface area contributed by atoms with Gasteiger partial charge in [-0.1, -0.05) is 48.5 Å². The first-order valence-corrected chi connectivity index (χ1v) is 14.4. The molecule has 1 fully saturated rings. The van der Waals surface area contributed by atoms with Gasteiger partial charge in [0.2, 0.25) is 0 Å². The highest BCUT2D eigenvalue weighted by molar-refractivity contribution is 5.50. The van der Waals surface area contributed by atoms with Gasteiger partial charge in [0.25, 0.3) is 5.56 Å². The first-order valence-electron chi connectivity index (χ1n) is 14.4. The SMILES string of the molecule is Cc1c(N2CCN(Cc3ccc(C#N)cc3)CC2)c(=O)n(CC(N)c2ccccc2)c(=O)n1Cc1c(F)cccc1C(F)(F)F. The fourth-order valence-electron chi connectivity index (χ4n) is 5.72. The van der Waals surface area contributed by atoms with E-state index in [0.717, 1.165) is 32.9 Å². The maximum atomic E-state index is 14.9. The van der Waals surface area contributed by atoms with Crippen molar-refractivity contribution in [1.82, 2.24) is 14.0 Å². The molecule has 0 bridgehead atoms. The van der Waals surface area contributed by atoms with Crippen LogP contribution in [0, 0.1) is 24.1 Å².